The molecule has 0 bridgehead atoms. The SMILES string of the molecule is Cn1c(C2CC2)nc2cc(C(=O)NC3CCCC3)ccc21. The summed E-state index contributed by atoms with van der Waals surface area (Å²) in [5.74, 6) is 1.83. The number of aromatic nitrogens is 2. The van der Waals surface area contributed by atoms with Crippen molar-refractivity contribution >= 4 is 16.9 Å². The topological polar surface area (TPSA) is 46.9 Å². The highest BCUT2D eigenvalue weighted by Crippen LogP contribution is 2.40. The summed E-state index contributed by atoms with van der Waals surface area (Å²) in [4.78, 5) is 17.1. The number of aryl methyl sites for hydroxylation is 1. The molecule has 2 aliphatic carbocycles. The van der Waals surface area contributed by atoms with E-state index in [1.165, 1.54) is 31.5 Å². The van der Waals surface area contributed by atoms with Crippen LogP contribution in [-0.2, 0) is 7.05 Å². The van der Waals surface area contributed by atoms with Gasteiger partial charge >= 0.3 is 0 Å². The second kappa shape index (κ2) is 4.86. The fourth-order valence-corrected chi connectivity index (χ4v) is 3.41. The quantitative estimate of drug-likeness (QED) is 0.940. The van der Waals surface area contributed by atoms with Gasteiger partial charge in [-0.3, -0.25) is 4.79 Å². The van der Waals surface area contributed by atoms with E-state index in [1.807, 2.05) is 18.2 Å². The summed E-state index contributed by atoms with van der Waals surface area (Å²) in [5.41, 5.74) is 2.79. The zero-order valence-corrected chi connectivity index (χ0v) is 12.4. The fraction of sp³-hybridized carbons (Fsp3) is 0.529. The highest BCUT2D eigenvalue weighted by atomic mass is 16.1. The third kappa shape index (κ3) is 2.33. The second-order valence-corrected chi connectivity index (χ2v) is 6.46. The monoisotopic (exact) mass is 283 g/mol. The number of hydrogen-bond donors (Lipinski definition) is 1. The van der Waals surface area contributed by atoms with Gasteiger partial charge in [0.05, 0.1) is 11.0 Å². The molecular weight excluding hydrogens is 262 g/mol. The highest BCUT2D eigenvalue weighted by molar-refractivity contribution is 5.97. The van der Waals surface area contributed by atoms with E-state index in [0.717, 1.165) is 29.4 Å². The lowest BCUT2D eigenvalue weighted by atomic mass is 10.1. The maximum Gasteiger partial charge on any atom is 0.251 e. The molecule has 2 fully saturated rings. The lowest BCUT2D eigenvalue weighted by Gasteiger charge is -2.11. The van der Waals surface area contributed by atoms with Gasteiger partial charge in [0.15, 0.2) is 0 Å². The number of carbonyl (C=O) groups excluding carboxylic acids is 1. The standard InChI is InChI=1S/C17H21N3O/c1-20-15-9-8-12(17(21)18-13-4-2-3-5-13)10-14(15)19-16(20)11-6-7-11/h8-11,13H,2-7H2,1H3,(H,18,21). The van der Waals surface area contributed by atoms with Crippen molar-refractivity contribution in [2.45, 2.75) is 50.5 Å². The zero-order chi connectivity index (χ0) is 14.4. The van der Waals surface area contributed by atoms with E-state index in [1.54, 1.807) is 0 Å². The minimum Gasteiger partial charge on any atom is -0.349 e. The maximum atomic E-state index is 12.3. The van der Waals surface area contributed by atoms with Gasteiger partial charge < -0.3 is 9.88 Å². The van der Waals surface area contributed by atoms with E-state index in [-0.39, 0.29) is 5.91 Å². The average molecular weight is 283 g/mol. The van der Waals surface area contributed by atoms with Crippen LogP contribution in [0.5, 0.6) is 0 Å². The molecule has 2 saturated carbocycles. The first-order valence-electron chi connectivity index (χ1n) is 7.99. The van der Waals surface area contributed by atoms with Crippen molar-refractivity contribution in [2.75, 3.05) is 0 Å². The van der Waals surface area contributed by atoms with Crippen molar-refractivity contribution in [1.29, 1.82) is 0 Å². The molecule has 2 aromatic rings. The van der Waals surface area contributed by atoms with Crippen LogP contribution < -0.4 is 5.32 Å². The first-order valence-corrected chi connectivity index (χ1v) is 7.99. The summed E-state index contributed by atoms with van der Waals surface area (Å²) >= 11 is 0. The maximum absolute atomic E-state index is 12.3. The summed E-state index contributed by atoms with van der Waals surface area (Å²) in [7, 11) is 2.07. The molecule has 0 spiro atoms. The zero-order valence-electron chi connectivity index (χ0n) is 12.4. The number of fused-ring (bicyclic) bond motifs is 1. The molecule has 1 aromatic carbocycles. The van der Waals surface area contributed by atoms with Crippen molar-refractivity contribution in [3.05, 3.63) is 29.6 Å². The number of rotatable bonds is 3. The van der Waals surface area contributed by atoms with Gasteiger partial charge in [-0.05, 0) is 43.9 Å². The van der Waals surface area contributed by atoms with E-state index in [9.17, 15) is 4.79 Å². The first kappa shape index (κ1) is 12.9. The predicted octanol–water partition coefficient (Wildman–Crippen LogP) is 3.12. The number of nitrogens with one attached hydrogen (secondary N) is 1. The Bertz CT molecular complexity index is 693. The van der Waals surface area contributed by atoms with Crippen LogP contribution in [0.1, 0.15) is 60.6 Å². The van der Waals surface area contributed by atoms with Gasteiger partial charge in [-0.15, -0.1) is 0 Å². The number of hydrogen-bond acceptors (Lipinski definition) is 2. The predicted molar refractivity (Wildman–Crippen MR) is 82.4 cm³/mol. The molecule has 1 aromatic heterocycles. The summed E-state index contributed by atoms with van der Waals surface area (Å²) in [6.07, 6.45) is 7.18. The molecule has 2 aliphatic rings. The Hall–Kier alpha value is -1.84. The third-order valence-corrected chi connectivity index (χ3v) is 4.81. The van der Waals surface area contributed by atoms with E-state index in [2.05, 4.69) is 16.9 Å². The van der Waals surface area contributed by atoms with Gasteiger partial charge in [0.25, 0.3) is 5.91 Å². The van der Waals surface area contributed by atoms with Gasteiger partial charge in [-0.2, -0.15) is 0 Å². The Balaban J connectivity index is 1.62. The van der Waals surface area contributed by atoms with Crippen LogP contribution >= 0.6 is 0 Å². The Morgan fingerprint density at radius 2 is 2.00 bits per heavy atom. The number of carbonyl (C=O) groups is 1. The van der Waals surface area contributed by atoms with Crippen molar-refractivity contribution in [3.8, 4) is 0 Å². The minimum absolute atomic E-state index is 0.0439. The average Bonchev–Trinajstić information content (AvgIpc) is 3.11. The van der Waals surface area contributed by atoms with Crippen molar-refractivity contribution in [3.63, 3.8) is 0 Å². The first-order chi connectivity index (χ1) is 10.2. The van der Waals surface area contributed by atoms with Gasteiger partial charge in [0, 0.05) is 24.6 Å². The molecule has 0 radical (unpaired) electrons. The van der Waals surface area contributed by atoms with Crippen LogP contribution in [0.2, 0.25) is 0 Å². The molecule has 1 amide bonds. The Morgan fingerprint density at radius 1 is 1.24 bits per heavy atom. The molecule has 0 aliphatic heterocycles. The van der Waals surface area contributed by atoms with Crippen LogP contribution in [0, 0.1) is 0 Å². The van der Waals surface area contributed by atoms with Crippen LogP contribution in [0.3, 0.4) is 0 Å². The Morgan fingerprint density at radius 3 is 2.71 bits per heavy atom. The summed E-state index contributed by atoms with van der Waals surface area (Å²) in [6.45, 7) is 0. The molecule has 110 valence electrons. The molecule has 4 nitrogen and oxygen atoms in total. The summed E-state index contributed by atoms with van der Waals surface area (Å²) in [6, 6.07) is 6.24. The van der Waals surface area contributed by atoms with E-state index < -0.39 is 0 Å². The minimum atomic E-state index is 0.0439. The molecule has 4 rings (SSSR count). The Labute approximate surface area is 124 Å². The molecule has 0 saturated heterocycles. The van der Waals surface area contributed by atoms with Crippen LogP contribution in [0.4, 0.5) is 0 Å². The number of nitrogens with zero attached hydrogens (tertiary/aromatic N) is 2. The third-order valence-electron chi connectivity index (χ3n) is 4.81. The van der Waals surface area contributed by atoms with Gasteiger partial charge in [0.2, 0.25) is 0 Å². The van der Waals surface area contributed by atoms with Crippen LogP contribution in [0.15, 0.2) is 18.2 Å². The smallest absolute Gasteiger partial charge is 0.251 e. The summed E-state index contributed by atoms with van der Waals surface area (Å²) in [5, 5.41) is 3.14. The largest absolute Gasteiger partial charge is 0.349 e. The van der Waals surface area contributed by atoms with E-state index >= 15 is 0 Å². The lowest BCUT2D eigenvalue weighted by molar-refractivity contribution is 0.0938. The van der Waals surface area contributed by atoms with Crippen LogP contribution in [0.25, 0.3) is 11.0 Å². The van der Waals surface area contributed by atoms with E-state index in [0.29, 0.717) is 12.0 Å². The van der Waals surface area contributed by atoms with Crippen molar-refractivity contribution < 1.29 is 4.79 Å². The van der Waals surface area contributed by atoms with Crippen molar-refractivity contribution in [2.24, 2.45) is 7.05 Å². The fourth-order valence-electron chi connectivity index (χ4n) is 3.41. The molecule has 1 heterocycles. The molecule has 4 heteroatoms. The van der Waals surface area contributed by atoms with Gasteiger partial charge in [0.1, 0.15) is 5.82 Å². The number of benzene rings is 1. The normalized spacial score (nSPS) is 19.3. The summed E-state index contributed by atoms with van der Waals surface area (Å²) < 4.78 is 2.17. The van der Waals surface area contributed by atoms with Crippen molar-refractivity contribution in [1.82, 2.24) is 14.9 Å². The molecular formula is C17H21N3O. The lowest BCUT2D eigenvalue weighted by Crippen LogP contribution is -2.32. The Kier molecular flexibility index (Phi) is 2.98. The highest BCUT2D eigenvalue weighted by Gasteiger charge is 2.28. The molecule has 0 unspecified atom stereocenters. The van der Waals surface area contributed by atoms with Gasteiger partial charge in [-0.25, -0.2) is 4.98 Å². The number of imidazole rings is 1. The van der Waals surface area contributed by atoms with Gasteiger partial charge in [-0.1, -0.05) is 12.8 Å². The van der Waals surface area contributed by atoms with E-state index in [4.69, 9.17) is 4.98 Å². The van der Waals surface area contributed by atoms with Crippen LogP contribution in [-0.4, -0.2) is 21.5 Å². The number of amides is 1. The molecule has 0 atom stereocenters. The molecule has 1 N–H and O–H groups in total. The second-order valence-electron chi connectivity index (χ2n) is 6.46. The molecule has 21 heavy (non-hydrogen) atoms.